The Morgan fingerprint density at radius 1 is 1.21 bits per heavy atom. The van der Waals surface area contributed by atoms with E-state index >= 15 is 0 Å². The van der Waals surface area contributed by atoms with Crippen LogP contribution in [-0.4, -0.2) is 28.2 Å². The maximum atomic E-state index is 5.40. The highest BCUT2D eigenvalue weighted by Gasteiger charge is 2.12. The van der Waals surface area contributed by atoms with Crippen LogP contribution < -0.4 is 4.74 Å². The van der Waals surface area contributed by atoms with E-state index in [1.807, 2.05) is 36.4 Å². The van der Waals surface area contributed by atoms with Crippen molar-refractivity contribution < 1.29 is 4.74 Å². The Balaban J connectivity index is 1.98. The predicted octanol–water partition coefficient (Wildman–Crippen LogP) is 4.06. The largest absolute Gasteiger partial charge is 0.496 e. The van der Waals surface area contributed by atoms with Crippen LogP contribution in [0.1, 0.15) is 18.1 Å². The molecule has 1 N–H and O–H groups in total. The molecular formula is C18H18N4OS. The first kappa shape index (κ1) is 16.1. The molecule has 0 saturated carbocycles. The Kier molecular flexibility index (Phi) is 4.86. The van der Waals surface area contributed by atoms with Gasteiger partial charge in [0, 0.05) is 0 Å². The summed E-state index contributed by atoms with van der Waals surface area (Å²) in [6.45, 7) is 2.13. The molecule has 6 heteroatoms. The van der Waals surface area contributed by atoms with E-state index in [-0.39, 0.29) is 0 Å². The predicted molar refractivity (Wildman–Crippen MR) is 98.2 cm³/mol. The first-order valence-electron chi connectivity index (χ1n) is 7.67. The number of aryl methyl sites for hydroxylation is 1. The van der Waals surface area contributed by atoms with Crippen molar-refractivity contribution in [1.82, 2.24) is 14.9 Å². The Morgan fingerprint density at radius 2 is 1.96 bits per heavy atom. The van der Waals surface area contributed by atoms with E-state index in [2.05, 4.69) is 34.4 Å². The maximum absolute atomic E-state index is 5.40. The number of rotatable bonds is 5. The van der Waals surface area contributed by atoms with Crippen LogP contribution >= 0.6 is 12.2 Å². The minimum Gasteiger partial charge on any atom is -0.496 e. The number of methoxy groups -OCH3 is 1. The van der Waals surface area contributed by atoms with E-state index in [0.717, 1.165) is 23.3 Å². The first-order chi connectivity index (χ1) is 11.7. The second-order valence-electron chi connectivity index (χ2n) is 5.20. The van der Waals surface area contributed by atoms with Crippen molar-refractivity contribution in [3.8, 4) is 17.1 Å². The van der Waals surface area contributed by atoms with Gasteiger partial charge in [0.2, 0.25) is 4.77 Å². The average molecular weight is 338 g/mol. The molecule has 5 nitrogen and oxygen atoms in total. The van der Waals surface area contributed by atoms with Gasteiger partial charge in [0.15, 0.2) is 5.82 Å². The number of hydrogen-bond donors (Lipinski definition) is 1. The lowest BCUT2D eigenvalue weighted by molar-refractivity contribution is 0.416. The monoisotopic (exact) mass is 338 g/mol. The summed E-state index contributed by atoms with van der Waals surface area (Å²) in [5, 5.41) is 11.6. The Morgan fingerprint density at radius 3 is 2.67 bits per heavy atom. The Bertz CT molecular complexity index is 909. The van der Waals surface area contributed by atoms with Crippen LogP contribution in [0.15, 0.2) is 53.6 Å². The van der Waals surface area contributed by atoms with Gasteiger partial charge in [-0.25, -0.2) is 5.10 Å². The number of aromatic amines is 1. The van der Waals surface area contributed by atoms with Gasteiger partial charge in [-0.05, 0) is 41.9 Å². The van der Waals surface area contributed by atoms with Gasteiger partial charge in [-0.2, -0.15) is 14.9 Å². The van der Waals surface area contributed by atoms with Gasteiger partial charge in [-0.15, -0.1) is 0 Å². The summed E-state index contributed by atoms with van der Waals surface area (Å²) in [6, 6.07) is 15.9. The highest BCUT2D eigenvalue weighted by molar-refractivity contribution is 7.71. The first-order valence-corrected chi connectivity index (χ1v) is 8.08. The third-order valence-corrected chi connectivity index (χ3v) is 3.97. The Labute approximate surface area is 145 Å². The average Bonchev–Trinajstić information content (AvgIpc) is 3.00. The minimum atomic E-state index is 0.428. The number of hydrogen-bond acceptors (Lipinski definition) is 4. The zero-order valence-electron chi connectivity index (χ0n) is 13.6. The number of nitrogens with one attached hydrogen (secondary N) is 1. The molecule has 0 aliphatic heterocycles. The molecule has 1 heterocycles. The van der Waals surface area contributed by atoms with Gasteiger partial charge in [-0.3, -0.25) is 0 Å². The van der Waals surface area contributed by atoms with Crippen LogP contribution in [0.25, 0.3) is 11.4 Å². The van der Waals surface area contributed by atoms with Gasteiger partial charge in [0.25, 0.3) is 0 Å². The highest BCUT2D eigenvalue weighted by Crippen LogP contribution is 2.27. The van der Waals surface area contributed by atoms with E-state index in [1.54, 1.807) is 18.0 Å². The van der Waals surface area contributed by atoms with Gasteiger partial charge < -0.3 is 4.74 Å². The second-order valence-corrected chi connectivity index (χ2v) is 5.59. The summed E-state index contributed by atoms with van der Waals surface area (Å²) < 4.78 is 7.43. The molecule has 0 amide bonds. The molecule has 0 unspecified atom stereocenters. The van der Waals surface area contributed by atoms with Crippen LogP contribution in [0.5, 0.6) is 5.75 Å². The van der Waals surface area contributed by atoms with E-state index in [9.17, 15) is 0 Å². The molecule has 1 aromatic heterocycles. The summed E-state index contributed by atoms with van der Waals surface area (Å²) in [7, 11) is 1.63. The molecule has 3 aromatic rings. The van der Waals surface area contributed by atoms with Crippen LogP contribution in [0, 0.1) is 4.77 Å². The van der Waals surface area contributed by atoms with Gasteiger partial charge in [0.1, 0.15) is 5.75 Å². The van der Waals surface area contributed by atoms with Crippen molar-refractivity contribution in [2.75, 3.05) is 7.11 Å². The summed E-state index contributed by atoms with van der Waals surface area (Å²) in [6.07, 6.45) is 2.78. The topological polar surface area (TPSA) is 55.2 Å². The normalized spacial score (nSPS) is 11.1. The van der Waals surface area contributed by atoms with Crippen molar-refractivity contribution >= 4 is 18.4 Å². The summed E-state index contributed by atoms with van der Waals surface area (Å²) >= 11 is 5.30. The fourth-order valence-electron chi connectivity index (χ4n) is 2.37. The van der Waals surface area contributed by atoms with Crippen LogP contribution in [0.2, 0.25) is 0 Å². The number of H-pyrrole nitrogens is 1. The number of nitrogens with zero attached hydrogens (tertiary/aromatic N) is 3. The molecule has 24 heavy (non-hydrogen) atoms. The quantitative estimate of drug-likeness (QED) is 0.564. The Hall–Kier alpha value is -2.73. The fourth-order valence-corrected chi connectivity index (χ4v) is 2.55. The van der Waals surface area contributed by atoms with Crippen molar-refractivity contribution in [3.63, 3.8) is 0 Å². The molecule has 0 saturated heterocycles. The molecule has 0 bridgehead atoms. The lowest BCUT2D eigenvalue weighted by atomic mass is 10.1. The maximum Gasteiger partial charge on any atom is 0.216 e. The molecule has 2 aromatic carbocycles. The molecular weight excluding hydrogens is 320 g/mol. The van der Waals surface area contributed by atoms with Crippen molar-refractivity contribution in [3.05, 3.63) is 64.4 Å². The molecule has 0 aliphatic carbocycles. The van der Waals surface area contributed by atoms with Crippen molar-refractivity contribution in [2.45, 2.75) is 13.3 Å². The molecule has 0 atom stereocenters. The molecule has 122 valence electrons. The zero-order chi connectivity index (χ0) is 16.9. The van der Waals surface area contributed by atoms with Crippen molar-refractivity contribution in [1.29, 1.82) is 0 Å². The molecule has 0 radical (unpaired) electrons. The number of aromatic nitrogens is 3. The molecule has 0 spiro atoms. The number of ether oxygens (including phenoxy) is 1. The lowest BCUT2D eigenvalue weighted by Crippen LogP contribution is -1.97. The van der Waals surface area contributed by atoms with Gasteiger partial charge in [-0.1, -0.05) is 43.3 Å². The van der Waals surface area contributed by atoms with Crippen LogP contribution in [0.3, 0.4) is 0 Å². The summed E-state index contributed by atoms with van der Waals surface area (Å²) in [5.74, 6) is 1.33. The van der Waals surface area contributed by atoms with E-state index in [0.29, 0.717) is 10.6 Å². The van der Waals surface area contributed by atoms with Crippen LogP contribution in [-0.2, 0) is 6.42 Å². The third kappa shape index (κ3) is 3.28. The number of benzene rings is 2. The third-order valence-electron chi connectivity index (χ3n) is 3.71. The van der Waals surface area contributed by atoms with E-state index < -0.39 is 0 Å². The SMILES string of the molecule is CCc1ccc(C=Nn2c(-c3ccccc3OC)n[nH]c2=S)cc1. The van der Waals surface area contributed by atoms with Crippen LogP contribution in [0.4, 0.5) is 0 Å². The molecule has 0 aliphatic rings. The zero-order valence-corrected chi connectivity index (χ0v) is 14.4. The lowest BCUT2D eigenvalue weighted by Gasteiger charge is -2.06. The van der Waals surface area contributed by atoms with E-state index in [4.69, 9.17) is 17.0 Å². The second kappa shape index (κ2) is 7.23. The minimum absolute atomic E-state index is 0.428. The van der Waals surface area contributed by atoms with Crippen molar-refractivity contribution in [2.24, 2.45) is 5.10 Å². The number of para-hydroxylation sites is 1. The molecule has 0 fully saturated rings. The summed E-state index contributed by atoms with van der Waals surface area (Å²) in [4.78, 5) is 0. The fraction of sp³-hybridized carbons (Fsp3) is 0.167. The smallest absolute Gasteiger partial charge is 0.216 e. The van der Waals surface area contributed by atoms with E-state index in [1.165, 1.54) is 5.56 Å². The molecule has 3 rings (SSSR count). The summed E-state index contributed by atoms with van der Waals surface area (Å²) in [5.41, 5.74) is 3.12. The highest BCUT2D eigenvalue weighted by atomic mass is 32.1. The standard InChI is InChI=1S/C18H18N4OS/c1-3-13-8-10-14(11-9-13)12-19-22-17(20-21-18(22)24)15-6-4-5-7-16(15)23-2/h4-12H,3H2,1-2H3,(H,21,24). The van der Waals surface area contributed by atoms with Gasteiger partial charge >= 0.3 is 0 Å². The van der Waals surface area contributed by atoms with Gasteiger partial charge in [0.05, 0.1) is 18.9 Å².